The Labute approximate surface area is 145 Å². The average Bonchev–Trinajstić information content (AvgIpc) is 2.60. The Balaban J connectivity index is 2.09. The van der Waals surface area contributed by atoms with Crippen LogP contribution in [0.2, 0.25) is 0 Å². The SMILES string of the molecule is CCCCCCCCCCCCOC1(CO)OC[C@@H](O)[C@@H](O)[C@@H]1O. The quantitative estimate of drug-likeness (QED) is 0.378. The molecule has 0 aromatic rings. The van der Waals surface area contributed by atoms with Crippen LogP contribution in [0.1, 0.15) is 71.1 Å². The van der Waals surface area contributed by atoms with E-state index in [1.807, 2.05) is 0 Å². The molecule has 1 saturated heterocycles. The summed E-state index contributed by atoms with van der Waals surface area (Å²) in [4.78, 5) is 0. The van der Waals surface area contributed by atoms with E-state index < -0.39 is 30.7 Å². The maximum absolute atomic E-state index is 10.00. The number of rotatable bonds is 13. The van der Waals surface area contributed by atoms with Gasteiger partial charge >= 0.3 is 0 Å². The van der Waals surface area contributed by atoms with Gasteiger partial charge in [0, 0.05) is 0 Å². The van der Waals surface area contributed by atoms with Crippen molar-refractivity contribution >= 4 is 0 Å². The van der Waals surface area contributed by atoms with E-state index in [4.69, 9.17) is 9.47 Å². The molecule has 0 aromatic carbocycles. The molecule has 0 saturated carbocycles. The monoisotopic (exact) mass is 348 g/mol. The minimum absolute atomic E-state index is 0.170. The molecular formula is C18H36O6. The molecule has 1 rings (SSSR count). The largest absolute Gasteiger partial charge is 0.391 e. The number of aliphatic hydroxyl groups excluding tert-OH is 4. The van der Waals surface area contributed by atoms with Crippen molar-refractivity contribution in [3.05, 3.63) is 0 Å². The van der Waals surface area contributed by atoms with E-state index in [9.17, 15) is 20.4 Å². The van der Waals surface area contributed by atoms with Gasteiger partial charge in [0.2, 0.25) is 5.79 Å². The van der Waals surface area contributed by atoms with E-state index in [0.717, 1.165) is 19.3 Å². The highest BCUT2D eigenvalue weighted by molar-refractivity contribution is 4.92. The lowest BCUT2D eigenvalue weighted by atomic mass is 9.97. The van der Waals surface area contributed by atoms with Gasteiger partial charge in [-0.15, -0.1) is 0 Å². The lowest BCUT2D eigenvalue weighted by Gasteiger charge is -2.43. The topological polar surface area (TPSA) is 99.4 Å². The van der Waals surface area contributed by atoms with Crippen LogP contribution in [0.25, 0.3) is 0 Å². The molecule has 0 amide bonds. The van der Waals surface area contributed by atoms with Crippen LogP contribution in [0.15, 0.2) is 0 Å². The van der Waals surface area contributed by atoms with Gasteiger partial charge in [-0.1, -0.05) is 64.7 Å². The van der Waals surface area contributed by atoms with E-state index in [0.29, 0.717) is 6.61 Å². The van der Waals surface area contributed by atoms with Gasteiger partial charge in [-0.3, -0.25) is 0 Å². The molecule has 0 bridgehead atoms. The molecule has 4 atom stereocenters. The Morgan fingerprint density at radius 3 is 2.00 bits per heavy atom. The van der Waals surface area contributed by atoms with E-state index in [2.05, 4.69) is 6.92 Å². The molecule has 24 heavy (non-hydrogen) atoms. The molecule has 6 nitrogen and oxygen atoms in total. The molecule has 1 aliphatic heterocycles. The summed E-state index contributed by atoms with van der Waals surface area (Å²) in [6.07, 6.45) is 8.08. The molecule has 0 aromatic heterocycles. The number of ether oxygens (including phenoxy) is 2. The summed E-state index contributed by atoms with van der Waals surface area (Å²) in [5, 5.41) is 38.7. The van der Waals surface area contributed by atoms with E-state index >= 15 is 0 Å². The maximum Gasteiger partial charge on any atom is 0.221 e. The number of aliphatic hydroxyl groups is 4. The van der Waals surface area contributed by atoms with Gasteiger partial charge in [-0.2, -0.15) is 0 Å². The minimum Gasteiger partial charge on any atom is -0.391 e. The molecule has 0 aliphatic carbocycles. The van der Waals surface area contributed by atoms with Crippen molar-refractivity contribution in [1.82, 2.24) is 0 Å². The van der Waals surface area contributed by atoms with Crippen molar-refractivity contribution in [2.75, 3.05) is 19.8 Å². The highest BCUT2D eigenvalue weighted by Gasteiger charge is 2.50. The highest BCUT2D eigenvalue weighted by Crippen LogP contribution is 2.27. The van der Waals surface area contributed by atoms with Gasteiger partial charge in [0.05, 0.1) is 13.2 Å². The third-order valence-electron chi connectivity index (χ3n) is 4.73. The molecule has 144 valence electrons. The fourth-order valence-corrected chi connectivity index (χ4v) is 3.03. The van der Waals surface area contributed by atoms with Crippen molar-refractivity contribution in [2.45, 2.75) is 95.2 Å². The van der Waals surface area contributed by atoms with Gasteiger partial charge in [0.1, 0.15) is 24.9 Å². The molecule has 1 heterocycles. The fourth-order valence-electron chi connectivity index (χ4n) is 3.03. The average molecular weight is 348 g/mol. The Hall–Kier alpha value is -0.240. The highest BCUT2D eigenvalue weighted by atomic mass is 16.7. The van der Waals surface area contributed by atoms with Crippen molar-refractivity contribution in [3.63, 3.8) is 0 Å². The Bertz CT molecular complexity index is 314. The normalized spacial score (nSPS) is 30.6. The summed E-state index contributed by atoms with van der Waals surface area (Å²) in [5.41, 5.74) is 0. The summed E-state index contributed by atoms with van der Waals surface area (Å²) in [6, 6.07) is 0. The molecule has 0 spiro atoms. The Kier molecular flexibility index (Phi) is 11.1. The second kappa shape index (κ2) is 12.2. The second-order valence-corrected chi connectivity index (χ2v) is 6.81. The maximum atomic E-state index is 10.00. The molecule has 4 N–H and O–H groups in total. The van der Waals surface area contributed by atoms with Crippen molar-refractivity contribution in [3.8, 4) is 0 Å². The number of hydrogen-bond acceptors (Lipinski definition) is 6. The first-order chi connectivity index (χ1) is 11.6. The lowest BCUT2D eigenvalue weighted by Crippen LogP contribution is -2.63. The summed E-state index contributed by atoms with van der Waals surface area (Å²) in [7, 11) is 0. The zero-order chi connectivity index (χ0) is 17.8. The van der Waals surface area contributed by atoms with Gasteiger partial charge in [-0.05, 0) is 6.42 Å². The van der Waals surface area contributed by atoms with E-state index in [1.54, 1.807) is 0 Å². The summed E-state index contributed by atoms with van der Waals surface area (Å²) in [5.74, 6) is -1.63. The second-order valence-electron chi connectivity index (χ2n) is 6.81. The van der Waals surface area contributed by atoms with Crippen LogP contribution >= 0.6 is 0 Å². The van der Waals surface area contributed by atoms with Crippen molar-refractivity contribution in [1.29, 1.82) is 0 Å². The fraction of sp³-hybridized carbons (Fsp3) is 1.00. The molecule has 0 radical (unpaired) electrons. The van der Waals surface area contributed by atoms with Crippen molar-refractivity contribution < 1.29 is 29.9 Å². The van der Waals surface area contributed by atoms with Gasteiger partial charge < -0.3 is 29.9 Å². The molecule has 1 aliphatic rings. The van der Waals surface area contributed by atoms with Gasteiger partial charge in [0.15, 0.2) is 0 Å². The van der Waals surface area contributed by atoms with Crippen LogP contribution in [-0.4, -0.2) is 64.3 Å². The summed E-state index contributed by atoms with van der Waals surface area (Å²) in [6.45, 7) is 1.84. The standard InChI is InChI=1S/C18H36O6/c1-2-3-4-5-6-7-8-9-10-11-12-23-18(14-19)17(22)16(21)15(20)13-24-18/h15-17,19-22H,2-14H2,1H3/t15-,16-,17+,18?/m1/s1. The zero-order valence-electron chi connectivity index (χ0n) is 15.0. The van der Waals surface area contributed by atoms with Gasteiger partial charge in [-0.25, -0.2) is 0 Å². The van der Waals surface area contributed by atoms with E-state index in [-0.39, 0.29) is 6.61 Å². The zero-order valence-corrected chi connectivity index (χ0v) is 15.0. The van der Waals surface area contributed by atoms with Crippen LogP contribution in [0.3, 0.4) is 0 Å². The third-order valence-corrected chi connectivity index (χ3v) is 4.73. The molecular weight excluding hydrogens is 312 g/mol. The Morgan fingerprint density at radius 2 is 1.46 bits per heavy atom. The number of hydrogen-bond donors (Lipinski definition) is 4. The third kappa shape index (κ3) is 6.94. The summed E-state index contributed by atoms with van der Waals surface area (Å²) >= 11 is 0. The van der Waals surface area contributed by atoms with Gasteiger partial charge in [0.25, 0.3) is 0 Å². The molecule has 1 fully saturated rings. The molecule has 6 heteroatoms. The van der Waals surface area contributed by atoms with Crippen LogP contribution < -0.4 is 0 Å². The van der Waals surface area contributed by atoms with Crippen LogP contribution in [0.5, 0.6) is 0 Å². The first-order valence-electron chi connectivity index (χ1n) is 9.50. The first kappa shape index (κ1) is 21.8. The van der Waals surface area contributed by atoms with Crippen molar-refractivity contribution in [2.24, 2.45) is 0 Å². The predicted octanol–water partition coefficient (Wildman–Crippen LogP) is 1.73. The van der Waals surface area contributed by atoms with Crippen LogP contribution in [-0.2, 0) is 9.47 Å². The predicted molar refractivity (Wildman–Crippen MR) is 91.6 cm³/mol. The lowest BCUT2D eigenvalue weighted by molar-refractivity contribution is -0.348. The smallest absolute Gasteiger partial charge is 0.221 e. The van der Waals surface area contributed by atoms with Crippen LogP contribution in [0, 0.1) is 0 Å². The first-order valence-corrected chi connectivity index (χ1v) is 9.50. The van der Waals surface area contributed by atoms with Crippen LogP contribution in [0.4, 0.5) is 0 Å². The minimum atomic E-state index is -1.63. The summed E-state index contributed by atoms with van der Waals surface area (Å²) < 4.78 is 10.8. The number of unbranched alkanes of at least 4 members (excludes halogenated alkanes) is 9. The molecule has 1 unspecified atom stereocenters. The Morgan fingerprint density at radius 1 is 0.917 bits per heavy atom. The van der Waals surface area contributed by atoms with E-state index in [1.165, 1.54) is 44.9 Å².